The Morgan fingerprint density at radius 3 is 1.88 bits per heavy atom. The lowest BCUT2D eigenvalue weighted by Gasteiger charge is -2.18. The standard InChI is InChI=1S/C22H21NO3/c24-15-16-26-20-13-11-19(12-14-20)23-22(25)21(17-7-3-1-4-8-17)18-9-5-2-6-10-18/h1-14,21,24H,15-16H2,(H,23,25). The van der Waals surface area contributed by atoms with Crippen LogP contribution >= 0.6 is 0 Å². The van der Waals surface area contributed by atoms with Crippen LogP contribution < -0.4 is 10.1 Å². The molecule has 0 aromatic heterocycles. The molecule has 26 heavy (non-hydrogen) atoms. The summed E-state index contributed by atoms with van der Waals surface area (Å²) in [6.07, 6.45) is 0. The second-order valence-corrected chi connectivity index (χ2v) is 5.84. The normalized spacial score (nSPS) is 10.5. The molecule has 3 aromatic rings. The van der Waals surface area contributed by atoms with Crippen molar-refractivity contribution in [2.24, 2.45) is 0 Å². The Morgan fingerprint density at radius 2 is 1.38 bits per heavy atom. The van der Waals surface area contributed by atoms with Gasteiger partial charge >= 0.3 is 0 Å². The molecular weight excluding hydrogens is 326 g/mol. The minimum atomic E-state index is -0.386. The average Bonchev–Trinajstić information content (AvgIpc) is 2.69. The van der Waals surface area contributed by atoms with Crippen LogP contribution in [-0.2, 0) is 4.79 Å². The molecule has 0 saturated carbocycles. The van der Waals surface area contributed by atoms with Gasteiger partial charge in [-0.05, 0) is 35.4 Å². The van der Waals surface area contributed by atoms with Crippen LogP contribution in [0.15, 0.2) is 84.9 Å². The number of aliphatic hydroxyl groups excluding tert-OH is 1. The van der Waals surface area contributed by atoms with Crippen molar-refractivity contribution in [2.45, 2.75) is 5.92 Å². The van der Waals surface area contributed by atoms with Crippen molar-refractivity contribution in [1.82, 2.24) is 0 Å². The van der Waals surface area contributed by atoms with Gasteiger partial charge in [0.2, 0.25) is 5.91 Å². The van der Waals surface area contributed by atoms with Gasteiger partial charge in [0.15, 0.2) is 0 Å². The highest BCUT2D eigenvalue weighted by Gasteiger charge is 2.22. The predicted octanol–water partition coefficient (Wildman–Crippen LogP) is 3.83. The lowest BCUT2D eigenvalue weighted by molar-refractivity contribution is -0.116. The summed E-state index contributed by atoms with van der Waals surface area (Å²) in [5, 5.41) is 11.8. The monoisotopic (exact) mass is 347 g/mol. The Hall–Kier alpha value is -3.11. The molecule has 0 unspecified atom stereocenters. The Bertz CT molecular complexity index is 778. The van der Waals surface area contributed by atoms with E-state index in [1.807, 2.05) is 60.7 Å². The Balaban J connectivity index is 1.80. The molecule has 0 aliphatic rings. The largest absolute Gasteiger partial charge is 0.491 e. The second kappa shape index (κ2) is 8.83. The zero-order valence-corrected chi connectivity index (χ0v) is 14.3. The number of anilines is 1. The van der Waals surface area contributed by atoms with Crippen molar-refractivity contribution in [3.05, 3.63) is 96.1 Å². The number of benzene rings is 3. The average molecular weight is 347 g/mol. The summed E-state index contributed by atoms with van der Waals surface area (Å²) < 4.78 is 5.34. The van der Waals surface area contributed by atoms with E-state index in [9.17, 15) is 4.79 Å². The zero-order valence-electron chi connectivity index (χ0n) is 14.3. The number of hydrogen-bond acceptors (Lipinski definition) is 3. The molecule has 3 rings (SSSR count). The summed E-state index contributed by atoms with van der Waals surface area (Å²) >= 11 is 0. The summed E-state index contributed by atoms with van der Waals surface area (Å²) in [7, 11) is 0. The van der Waals surface area contributed by atoms with Gasteiger partial charge in [-0.3, -0.25) is 4.79 Å². The van der Waals surface area contributed by atoms with E-state index in [4.69, 9.17) is 9.84 Å². The molecule has 4 nitrogen and oxygen atoms in total. The van der Waals surface area contributed by atoms with E-state index in [1.54, 1.807) is 24.3 Å². The lowest BCUT2D eigenvalue weighted by atomic mass is 9.90. The summed E-state index contributed by atoms with van der Waals surface area (Å²) in [4.78, 5) is 13.0. The van der Waals surface area contributed by atoms with Gasteiger partial charge in [-0.25, -0.2) is 0 Å². The SMILES string of the molecule is O=C(Nc1ccc(OCCO)cc1)C(c1ccccc1)c1ccccc1. The molecular formula is C22H21NO3. The first-order valence-electron chi connectivity index (χ1n) is 8.52. The van der Waals surface area contributed by atoms with E-state index in [-0.39, 0.29) is 25.0 Å². The fraction of sp³-hybridized carbons (Fsp3) is 0.136. The third-order valence-corrected chi connectivity index (χ3v) is 4.01. The highest BCUT2D eigenvalue weighted by atomic mass is 16.5. The third-order valence-electron chi connectivity index (χ3n) is 4.01. The number of hydrogen-bond donors (Lipinski definition) is 2. The molecule has 132 valence electrons. The molecule has 0 radical (unpaired) electrons. The number of amides is 1. The maximum absolute atomic E-state index is 13.0. The summed E-state index contributed by atoms with van der Waals surface area (Å²) in [5.74, 6) is 0.175. The molecule has 0 aliphatic carbocycles. The smallest absolute Gasteiger partial charge is 0.236 e. The van der Waals surface area contributed by atoms with Gasteiger partial charge in [-0.1, -0.05) is 60.7 Å². The second-order valence-electron chi connectivity index (χ2n) is 5.84. The maximum atomic E-state index is 13.0. The van der Waals surface area contributed by atoms with Crippen LogP contribution in [0, 0.1) is 0 Å². The van der Waals surface area contributed by atoms with Crippen LogP contribution in [0.5, 0.6) is 5.75 Å². The van der Waals surface area contributed by atoms with E-state index in [0.29, 0.717) is 11.4 Å². The van der Waals surface area contributed by atoms with Crippen molar-refractivity contribution in [1.29, 1.82) is 0 Å². The van der Waals surface area contributed by atoms with Crippen molar-refractivity contribution in [2.75, 3.05) is 18.5 Å². The molecule has 0 aliphatic heterocycles. The molecule has 0 spiro atoms. The summed E-state index contributed by atoms with van der Waals surface area (Å²) in [6.45, 7) is 0.212. The number of aliphatic hydroxyl groups is 1. The van der Waals surface area contributed by atoms with E-state index in [2.05, 4.69) is 5.32 Å². The molecule has 4 heteroatoms. The number of carbonyl (C=O) groups is 1. The van der Waals surface area contributed by atoms with Gasteiger partial charge in [-0.2, -0.15) is 0 Å². The first kappa shape index (κ1) is 17.7. The van der Waals surface area contributed by atoms with Crippen molar-refractivity contribution < 1.29 is 14.6 Å². The molecule has 0 saturated heterocycles. The van der Waals surface area contributed by atoms with Gasteiger partial charge in [0, 0.05) is 5.69 Å². The first-order chi connectivity index (χ1) is 12.8. The molecule has 0 bridgehead atoms. The summed E-state index contributed by atoms with van der Waals surface area (Å²) in [6, 6.07) is 26.6. The number of carbonyl (C=O) groups excluding carboxylic acids is 1. The van der Waals surface area contributed by atoms with Gasteiger partial charge in [0.25, 0.3) is 0 Å². The van der Waals surface area contributed by atoms with E-state index in [1.165, 1.54) is 0 Å². The Morgan fingerprint density at radius 1 is 0.846 bits per heavy atom. The van der Waals surface area contributed by atoms with Crippen LogP contribution in [0.4, 0.5) is 5.69 Å². The number of nitrogens with one attached hydrogen (secondary N) is 1. The third kappa shape index (κ3) is 4.49. The summed E-state index contributed by atoms with van der Waals surface area (Å²) in [5.41, 5.74) is 2.58. The van der Waals surface area contributed by atoms with E-state index < -0.39 is 0 Å². The van der Waals surface area contributed by atoms with Crippen molar-refractivity contribution in [3.63, 3.8) is 0 Å². The first-order valence-corrected chi connectivity index (χ1v) is 8.52. The fourth-order valence-corrected chi connectivity index (χ4v) is 2.80. The Labute approximate surface area is 153 Å². The minimum Gasteiger partial charge on any atom is -0.491 e. The zero-order chi connectivity index (χ0) is 18.2. The van der Waals surface area contributed by atoms with Crippen molar-refractivity contribution in [3.8, 4) is 5.75 Å². The highest BCUT2D eigenvalue weighted by Crippen LogP contribution is 2.26. The fourth-order valence-electron chi connectivity index (χ4n) is 2.80. The number of rotatable bonds is 7. The van der Waals surface area contributed by atoms with Crippen LogP contribution in [0.2, 0.25) is 0 Å². The van der Waals surface area contributed by atoms with E-state index in [0.717, 1.165) is 11.1 Å². The molecule has 0 atom stereocenters. The molecule has 1 amide bonds. The van der Waals surface area contributed by atoms with Crippen LogP contribution in [0.1, 0.15) is 17.0 Å². The Kier molecular flexibility index (Phi) is 6.01. The minimum absolute atomic E-state index is 0.0334. The number of ether oxygens (including phenoxy) is 1. The quantitative estimate of drug-likeness (QED) is 0.683. The van der Waals surface area contributed by atoms with Crippen LogP contribution in [0.3, 0.4) is 0 Å². The van der Waals surface area contributed by atoms with Crippen LogP contribution in [0.25, 0.3) is 0 Å². The molecule has 2 N–H and O–H groups in total. The van der Waals surface area contributed by atoms with Gasteiger partial charge in [-0.15, -0.1) is 0 Å². The van der Waals surface area contributed by atoms with Gasteiger partial charge in [0.05, 0.1) is 12.5 Å². The maximum Gasteiger partial charge on any atom is 0.236 e. The van der Waals surface area contributed by atoms with Crippen molar-refractivity contribution >= 4 is 11.6 Å². The topological polar surface area (TPSA) is 58.6 Å². The molecule has 0 heterocycles. The van der Waals surface area contributed by atoms with Gasteiger partial charge < -0.3 is 15.2 Å². The molecule has 3 aromatic carbocycles. The van der Waals surface area contributed by atoms with E-state index >= 15 is 0 Å². The molecule has 0 fully saturated rings. The highest BCUT2D eigenvalue weighted by molar-refractivity contribution is 5.98. The predicted molar refractivity (Wildman–Crippen MR) is 102 cm³/mol. The lowest BCUT2D eigenvalue weighted by Crippen LogP contribution is -2.22. The van der Waals surface area contributed by atoms with Crippen LogP contribution in [-0.4, -0.2) is 24.2 Å². The van der Waals surface area contributed by atoms with Gasteiger partial charge in [0.1, 0.15) is 12.4 Å².